The normalized spacial score (nSPS) is 10.7. The highest BCUT2D eigenvalue weighted by Crippen LogP contribution is 2.26. The van der Waals surface area contributed by atoms with Crippen molar-refractivity contribution in [3.63, 3.8) is 0 Å². The molecule has 2 rings (SSSR count). The minimum Gasteiger partial charge on any atom is -0.462 e. The van der Waals surface area contributed by atoms with Crippen molar-refractivity contribution in [3.8, 4) is 11.1 Å². The Hall–Kier alpha value is -2.39. The molecule has 0 aliphatic rings. The number of rotatable bonds is 12. The number of carbonyl (C=O) groups excluding carboxylic acids is 1. The number of aliphatic hydroxyl groups excluding tert-OH is 1. The molecule has 0 fully saturated rings. The van der Waals surface area contributed by atoms with Gasteiger partial charge < -0.3 is 9.84 Å². The van der Waals surface area contributed by atoms with E-state index < -0.39 is 5.97 Å². The summed E-state index contributed by atoms with van der Waals surface area (Å²) in [4.78, 5) is 11.5. The number of aryl methyl sites for hydroxylation is 3. The summed E-state index contributed by atoms with van der Waals surface area (Å²) in [5.41, 5.74) is 6.66. The fraction of sp³-hybridized carbons (Fsp3) is 0.423. The number of benzene rings is 2. The van der Waals surface area contributed by atoms with Gasteiger partial charge >= 0.3 is 5.97 Å². The molecule has 3 nitrogen and oxygen atoms in total. The SMILES string of the molecule is C=C(CO)C(=O)OCCCc1ccc(-c2ccc(CCCCC)cc2)c(CC)c1. The lowest BCUT2D eigenvalue weighted by molar-refractivity contribution is -0.139. The summed E-state index contributed by atoms with van der Waals surface area (Å²) in [7, 11) is 0. The molecule has 0 radical (unpaired) electrons. The molecular weight excluding hydrogens is 360 g/mol. The van der Waals surface area contributed by atoms with Crippen LogP contribution in [0.5, 0.6) is 0 Å². The van der Waals surface area contributed by atoms with E-state index in [1.165, 1.54) is 47.1 Å². The number of carbonyl (C=O) groups is 1. The van der Waals surface area contributed by atoms with Crippen LogP contribution in [0.4, 0.5) is 0 Å². The predicted molar refractivity (Wildman–Crippen MR) is 120 cm³/mol. The summed E-state index contributed by atoms with van der Waals surface area (Å²) in [5, 5.41) is 8.88. The lowest BCUT2D eigenvalue weighted by Gasteiger charge is -2.12. The fourth-order valence-electron chi connectivity index (χ4n) is 3.41. The number of ether oxygens (including phenoxy) is 1. The van der Waals surface area contributed by atoms with Crippen molar-refractivity contribution < 1.29 is 14.6 Å². The van der Waals surface area contributed by atoms with Crippen molar-refractivity contribution in [2.45, 2.75) is 58.8 Å². The maximum atomic E-state index is 11.5. The van der Waals surface area contributed by atoms with E-state index in [0.717, 1.165) is 25.7 Å². The Kier molecular flexibility index (Phi) is 9.66. The molecule has 2 aromatic rings. The zero-order valence-electron chi connectivity index (χ0n) is 17.9. The molecular formula is C26H34O3. The zero-order valence-corrected chi connectivity index (χ0v) is 17.9. The first-order valence-corrected chi connectivity index (χ1v) is 10.8. The fourth-order valence-corrected chi connectivity index (χ4v) is 3.41. The Labute approximate surface area is 175 Å². The lowest BCUT2D eigenvalue weighted by Crippen LogP contribution is -2.11. The summed E-state index contributed by atoms with van der Waals surface area (Å²) >= 11 is 0. The highest BCUT2D eigenvalue weighted by atomic mass is 16.5. The molecule has 0 aliphatic heterocycles. The molecule has 156 valence electrons. The van der Waals surface area contributed by atoms with Gasteiger partial charge in [0.1, 0.15) is 0 Å². The Balaban J connectivity index is 1.96. The van der Waals surface area contributed by atoms with E-state index in [4.69, 9.17) is 9.84 Å². The molecule has 0 unspecified atom stereocenters. The average Bonchev–Trinajstić information content (AvgIpc) is 2.76. The first-order valence-electron chi connectivity index (χ1n) is 10.8. The highest BCUT2D eigenvalue weighted by Gasteiger charge is 2.08. The summed E-state index contributed by atoms with van der Waals surface area (Å²) in [6.07, 6.45) is 7.54. The number of unbranched alkanes of at least 4 members (excludes halogenated alkanes) is 2. The lowest BCUT2D eigenvalue weighted by atomic mass is 9.94. The molecule has 0 saturated carbocycles. The number of esters is 1. The molecule has 0 heterocycles. The predicted octanol–water partition coefficient (Wildman–Crippen LogP) is 5.67. The van der Waals surface area contributed by atoms with Crippen LogP contribution in [0.15, 0.2) is 54.6 Å². The van der Waals surface area contributed by atoms with Crippen LogP contribution in [-0.2, 0) is 28.8 Å². The van der Waals surface area contributed by atoms with E-state index in [0.29, 0.717) is 6.61 Å². The van der Waals surface area contributed by atoms with E-state index in [2.05, 4.69) is 62.9 Å². The van der Waals surface area contributed by atoms with Crippen LogP contribution in [-0.4, -0.2) is 24.3 Å². The van der Waals surface area contributed by atoms with Gasteiger partial charge in [-0.05, 0) is 59.9 Å². The van der Waals surface area contributed by atoms with Crippen LogP contribution < -0.4 is 0 Å². The number of hydrogen-bond acceptors (Lipinski definition) is 3. The Morgan fingerprint density at radius 3 is 2.31 bits per heavy atom. The van der Waals surface area contributed by atoms with E-state index >= 15 is 0 Å². The quantitative estimate of drug-likeness (QED) is 0.286. The minimum atomic E-state index is -0.518. The van der Waals surface area contributed by atoms with Gasteiger partial charge in [-0.1, -0.05) is 75.7 Å². The van der Waals surface area contributed by atoms with Gasteiger partial charge in [-0.15, -0.1) is 0 Å². The molecule has 3 heteroatoms. The van der Waals surface area contributed by atoms with Crippen molar-refractivity contribution >= 4 is 5.97 Å². The summed E-state index contributed by atoms with van der Waals surface area (Å²) < 4.78 is 5.11. The van der Waals surface area contributed by atoms with Crippen LogP contribution in [0, 0.1) is 0 Å². The summed E-state index contributed by atoms with van der Waals surface area (Å²) in [6.45, 7) is 7.86. The maximum absolute atomic E-state index is 11.5. The molecule has 0 atom stereocenters. The standard InChI is InChI=1S/C26H34O3/c1-4-6-7-9-21-11-14-24(15-12-21)25-16-13-22(18-23(25)5-2)10-8-17-29-26(28)20(3)19-27/h11-16,18,27H,3-10,17,19H2,1-2H3. The molecule has 0 spiro atoms. The Morgan fingerprint density at radius 1 is 0.966 bits per heavy atom. The minimum absolute atomic E-state index is 0.0963. The van der Waals surface area contributed by atoms with Crippen molar-refractivity contribution in [3.05, 3.63) is 71.3 Å². The van der Waals surface area contributed by atoms with Gasteiger partial charge in [-0.3, -0.25) is 0 Å². The monoisotopic (exact) mass is 394 g/mol. The van der Waals surface area contributed by atoms with Gasteiger partial charge in [0.05, 0.1) is 18.8 Å². The number of aliphatic hydroxyl groups is 1. The van der Waals surface area contributed by atoms with Crippen LogP contribution in [0.3, 0.4) is 0 Å². The van der Waals surface area contributed by atoms with Gasteiger partial charge in [0.25, 0.3) is 0 Å². The average molecular weight is 395 g/mol. The van der Waals surface area contributed by atoms with E-state index in [1.807, 2.05) is 0 Å². The van der Waals surface area contributed by atoms with Crippen molar-refractivity contribution in [2.75, 3.05) is 13.2 Å². The topological polar surface area (TPSA) is 46.5 Å². The van der Waals surface area contributed by atoms with Crippen LogP contribution >= 0.6 is 0 Å². The van der Waals surface area contributed by atoms with Crippen molar-refractivity contribution in [1.29, 1.82) is 0 Å². The maximum Gasteiger partial charge on any atom is 0.335 e. The smallest absolute Gasteiger partial charge is 0.335 e. The van der Waals surface area contributed by atoms with E-state index in [9.17, 15) is 4.79 Å². The zero-order chi connectivity index (χ0) is 21.1. The van der Waals surface area contributed by atoms with Gasteiger partial charge in [0, 0.05) is 0 Å². The summed E-state index contributed by atoms with van der Waals surface area (Å²) in [6, 6.07) is 15.6. The molecule has 1 N–H and O–H groups in total. The number of hydrogen-bond donors (Lipinski definition) is 1. The van der Waals surface area contributed by atoms with Gasteiger partial charge in [0.15, 0.2) is 0 Å². The molecule has 0 amide bonds. The largest absolute Gasteiger partial charge is 0.462 e. The van der Waals surface area contributed by atoms with Crippen molar-refractivity contribution in [2.24, 2.45) is 0 Å². The second kappa shape index (κ2) is 12.2. The van der Waals surface area contributed by atoms with Gasteiger partial charge in [0.2, 0.25) is 0 Å². The van der Waals surface area contributed by atoms with Crippen LogP contribution in [0.1, 0.15) is 56.2 Å². The molecule has 0 aromatic heterocycles. The molecule has 0 bridgehead atoms. The van der Waals surface area contributed by atoms with Crippen molar-refractivity contribution in [1.82, 2.24) is 0 Å². The second-order valence-electron chi connectivity index (χ2n) is 7.50. The van der Waals surface area contributed by atoms with Crippen LogP contribution in [0.2, 0.25) is 0 Å². The van der Waals surface area contributed by atoms with E-state index in [1.54, 1.807) is 0 Å². The first kappa shape index (κ1) is 22.9. The first-order chi connectivity index (χ1) is 14.1. The third kappa shape index (κ3) is 7.17. The molecule has 0 aliphatic carbocycles. The third-order valence-electron chi connectivity index (χ3n) is 5.21. The third-order valence-corrected chi connectivity index (χ3v) is 5.21. The van der Waals surface area contributed by atoms with Crippen LogP contribution in [0.25, 0.3) is 11.1 Å². The molecule has 29 heavy (non-hydrogen) atoms. The van der Waals surface area contributed by atoms with Gasteiger partial charge in [-0.25, -0.2) is 4.79 Å². The molecule has 2 aromatic carbocycles. The Bertz CT molecular complexity index is 790. The highest BCUT2D eigenvalue weighted by molar-refractivity contribution is 5.87. The summed E-state index contributed by atoms with van der Waals surface area (Å²) in [5.74, 6) is -0.518. The second-order valence-corrected chi connectivity index (χ2v) is 7.50. The molecule has 0 saturated heterocycles. The van der Waals surface area contributed by atoms with E-state index in [-0.39, 0.29) is 12.2 Å². The van der Waals surface area contributed by atoms with Gasteiger partial charge in [-0.2, -0.15) is 0 Å². The Morgan fingerprint density at radius 2 is 1.66 bits per heavy atom.